The van der Waals surface area contributed by atoms with E-state index >= 15 is 0 Å². The third kappa shape index (κ3) is 3.14. The van der Waals surface area contributed by atoms with E-state index in [1.54, 1.807) is 48.9 Å². The number of aryl methyl sites for hydroxylation is 2. The maximum Gasteiger partial charge on any atom is 0.339 e. The highest BCUT2D eigenvalue weighted by atomic mass is 16.5. The summed E-state index contributed by atoms with van der Waals surface area (Å²) < 4.78 is 17.6. The Labute approximate surface area is 154 Å². The van der Waals surface area contributed by atoms with Crippen LogP contribution in [0.5, 0.6) is 11.6 Å². The Morgan fingerprint density at radius 3 is 2.74 bits per heavy atom. The van der Waals surface area contributed by atoms with Crippen molar-refractivity contribution in [3.05, 3.63) is 52.1 Å². The van der Waals surface area contributed by atoms with Gasteiger partial charge in [0.2, 0.25) is 5.88 Å². The normalized spacial score (nSPS) is 14.3. The fourth-order valence-corrected chi connectivity index (χ4v) is 3.25. The van der Waals surface area contributed by atoms with Crippen LogP contribution >= 0.6 is 0 Å². The van der Waals surface area contributed by atoms with E-state index in [1.165, 1.54) is 6.07 Å². The molecule has 1 fully saturated rings. The first-order chi connectivity index (χ1) is 12.9. The molecular formula is C19H19N3O5. The third-order valence-corrected chi connectivity index (χ3v) is 4.53. The van der Waals surface area contributed by atoms with Crippen LogP contribution in [-0.4, -0.2) is 46.9 Å². The number of carbonyl (C=O) groups is 1. The fourth-order valence-electron chi connectivity index (χ4n) is 3.25. The van der Waals surface area contributed by atoms with Crippen molar-refractivity contribution in [2.24, 2.45) is 7.05 Å². The van der Waals surface area contributed by atoms with Gasteiger partial charge < -0.3 is 18.8 Å². The highest BCUT2D eigenvalue weighted by Gasteiger charge is 2.33. The monoisotopic (exact) mass is 369 g/mol. The number of hydrogen-bond acceptors (Lipinski definition) is 6. The molecule has 0 saturated carbocycles. The number of nitrogens with zero attached hydrogens (tertiary/aromatic N) is 3. The molecule has 0 radical (unpaired) electrons. The number of ether oxygens (including phenoxy) is 2. The minimum Gasteiger partial charge on any atom is -0.486 e. The van der Waals surface area contributed by atoms with Gasteiger partial charge in [0, 0.05) is 18.7 Å². The first kappa shape index (κ1) is 17.1. The van der Waals surface area contributed by atoms with Crippen molar-refractivity contribution in [2.75, 3.05) is 20.2 Å². The molecule has 0 N–H and O–H groups in total. The highest BCUT2D eigenvalue weighted by molar-refractivity contribution is 5.99. The van der Waals surface area contributed by atoms with E-state index in [1.807, 2.05) is 6.07 Å². The largest absolute Gasteiger partial charge is 0.486 e. The van der Waals surface area contributed by atoms with Crippen LogP contribution < -0.4 is 15.1 Å². The van der Waals surface area contributed by atoms with Crippen LogP contribution in [0.15, 0.2) is 39.5 Å². The van der Waals surface area contributed by atoms with Crippen molar-refractivity contribution < 1.29 is 18.7 Å². The molecule has 140 valence electrons. The van der Waals surface area contributed by atoms with Gasteiger partial charge in [0.1, 0.15) is 17.6 Å². The number of rotatable bonds is 4. The summed E-state index contributed by atoms with van der Waals surface area (Å²) in [6, 6.07) is 8.34. The van der Waals surface area contributed by atoms with Crippen molar-refractivity contribution in [1.29, 1.82) is 0 Å². The lowest BCUT2D eigenvalue weighted by Crippen LogP contribution is -2.56. The lowest BCUT2D eigenvalue weighted by Gasteiger charge is -2.38. The molecule has 1 aliphatic heterocycles. The molecule has 1 saturated heterocycles. The van der Waals surface area contributed by atoms with Crippen LogP contribution in [0.2, 0.25) is 0 Å². The van der Waals surface area contributed by atoms with E-state index in [4.69, 9.17) is 13.9 Å². The Hall–Kier alpha value is -3.29. The summed E-state index contributed by atoms with van der Waals surface area (Å²) >= 11 is 0. The number of fused-ring (bicyclic) bond motifs is 1. The number of carbonyl (C=O) groups excluding carboxylic acids is 1. The molecule has 1 amide bonds. The topological polar surface area (TPSA) is 86.8 Å². The number of benzene rings is 1. The van der Waals surface area contributed by atoms with Gasteiger partial charge in [-0.05, 0) is 25.1 Å². The molecular weight excluding hydrogens is 350 g/mol. The number of likely N-dealkylation sites (tertiary alicyclic amines) is 1. The molecule has 0 atom stereocenters. The van der Waals surface area contributed by atoms with Crippen molar-refractivity contribution in [1.82, 2.24) is 14.7 Å². The molecule has 8 heteroatoms. The summed E-state index contributed by atoms with van der Waals surface area (Å²) in [5.41, 5.74) is 0.828. The zero-order chi connectivity index (χ0) is 19.1. The number of hydrogen-bond donors (Lipinski definition) is 0. The molecule has 1 aliphatic rings. The highest BCUT2D eigenvalue weighted by Crippen LogP contribution is 2.27. The molecule has 3 aromatic rings. The van der Waals surface area contributed by atoms with Gasteiger partial charge >= 0.3 is 5.63 Å². The maximum absolute atomic E-state index is 12.7. The van der Waals surface area contributed by atoms with Crippen molar-refractivity contribution in [3.63, 3.8) is 0 Å². The first-order valence-electron chi connectivity index (χ1n) is 8.53. The van der Waals surface area contributed by atoms with E-state index < -0.39 is 5.63 Å². The molecule has 1 aromatic carbocycles. The zero-order valence-corrected chi connectivity index (χ0v) is 15.3. The van der Waals surface area contributed by atoms with Gasteiger partial charge in [0.15, 0.2) is 0 Å². The van der Waals surface area contributed by atoms with Crippen LogP contribution in [0.3, 0.4) is 0 Å². The summed E-state index contributed by atoms with van der Waals surface area (Å²) in [6.45, 7) is 2.61. The van der Waals surface area contributed by atoms with Crippen molar-refractivity contribution in [3.8, 4) is 11.6 Å². The quantitative estimate of drug-likeness (QED) is 0.696. The predicted molar refractivity (Wildman–Crippen MR) is 97.3 cm³/mol. The maximum atomic E-state index is 12.7. The summed E-state index contributed by atoms with van der Waals surface area (Å²) in [5.74, 6) is 1.53. The lowest BCUT2D eigenvalue weighted by atomic mass is 10.1. The molecule has 4 rings (SSSR count). The smallest absolute Gasteiger partial charge is 0.339 e. The Morgan fingerprint density at radius 2 is 2.04 bits per heavy atom. The van der Waals surface area contributed by atoms with E-state index in [-0.39, 0.29) is 12.0 Å². The van der Waals surface area contributed by atoms with Crippen LogP contribution in [0, 0.1) is 6.92 Å². The standard InChI is InChI=1S/C19H19N3O5/c1-11-6-13(8-17(23)26-11)27-14-9-22(10-14)18(24)12-4-5-15-16(7-12)20-21(2)19(15)25-3/h4-8,14H,9-10H2,1-3H3. The number of aromatic nitrogens is 2. The Balaban J connectivity index is 1.44. The summed E-state index contributed by atoms with van der Waals surface area (Å²) in [7, 11) is 3.39. The van der Waals surface area contributed by atoms with Gasteiger partial charge in [-0.1, -0.05) is 0 Å². The Morgan fingerprint density at radius 1 is 1.26 bits per heavy atom. The van der Waals surface area contributed by atoms with E-state index in [0.717, 1.165) is 5.39 Å². The lowest BCUT2D eigenvalue weighted by molar-refractivity contribution is 0.0175. The average molecular weight is 369 g/mol. The van der Waals surface area contributed by atoms with Crippen LogP contribution in [0.1, 0.15) is 16.1 Å². The summed E-state index contributed by atoms with van der Waals surface area (Å²) in [5, 5.41) is 5.24. The van der Waals surface area contributed by atoms with Crippen molar-refractivity contribution in [2.45, 2.75) is 13.0 Å². The average Bonchev–Trinajstić information content (AvgIpc) is 2.90. The second kappa shape index (κ2) is 6.46. The summed E-state index contributed by atoms with van der Waals surface area (Å²) in [4.78, 5) is 25.8. The molecule has 0 unspecified atom stereocenters. The molecule has 2 aromatic heterocycles. The van der Waals surface area contributed by atoms with Crippen LogP contribution in [0.25, 0.3) is 10.9 Å². The molecule has 0 spiro atoms. The SMILES string of the molecule is COc1c2ccc(C(=O)N3CC(Oc4cc(C)oc(=O)c4)C3)cc2nn1C. The molecule has 3 heterocycles. The molecule has 0 aliphatic carbocycles. The fraction of sp³-hybridized carbons (Fsp3) is 0.316. The summed E-state index contributed by atoms with van der Waals surface area (Å²) in [6.07, 6.45) is -0.145. The van der Waals surface area contributed by atoms with Crippen LogP contribution in [-0.2, 0) is 7.05 Å². The third-order valence-electron chi connectivity index (χ3n) is 4.53. The molecule has 8 nitrogen and oxygen atoms in total. The zero-order valence-electron chi connectivity index (χ0n) is 15.3. The van der Waals surface area contributed by atoms with Gasteiger partial charge in [-0.15, -0.1) is 0 Å². The van der Waals surface area contributed by atoms with Gasteiger partial charge in [0.25, 0.3) is 5.91 Å². The van der Waals surface area contributed by atoms with Gasteiger partial charge in [0.05, 0.1) is 37.2 Å². The Kier molecular flexibility index (Phi) is 4.10. The van der Waals surface area contributed by atoms with Crippen LogP contribution in [0.4, 0.5) is 0 Å². The minimum absolute atomic E-state index is 0.0786. The number of amides is 1. The van der Waals surface area contributed by atoms with Crippen molar-refractivity contribution >= 4 is 16.8 Å². The Bertz CT molecular complexity index is 1080. The van der Waals surface area contributed by atoms with Gasteiger partial charge in [-0.25, -0.2) is 9.48 Å². The van der Waals surface area contributed by atoms with E-state index in [9.17, 15) is 9.59 Å². The molecule has 0 bridgehead atoms. The van der Waals surface area contributed by atoms with E-state index in [2.05, 4.69) is 5.10 Å². The molecule has 27 heavy (non-hydrogen) atoms. The van der Waals surface area contributed by atoms with Gasteiger partial charge in [-0.3, -0.25) is 4.79 Å². The minimum atomic E-state index is -0.448. The second-order valence-electron chi connectivity index (χ2n) is 6.54. The van der Waals surface area contributed by atoms with Gasteiger partial charge in [-0.2, -0.15) is 5.10 Å². The second-order valence-corrected chi connectivity index (χ2v) is 6.54. The predicted octanol–water partition coefficient (Wildman–Crippen LogP) is 1.75. The van der Waals surface area contributed by atoms with E-state index in [0.29, 0.717) is 41.6 Å². The first-order valence-corrected chi connectivity index (χ1v) is 8.53. The number of methoxy groups -OCH3 is 1.